The maximum absolute atomic E-state index is 12.1. The van der Waals surface area contributed by atoms with Crippen molar-refractivity contribution in [2.75, 3.05) is 7.11 Å². The molecule has 0 unspecified atom stereocenters. The Bertz CT molecular complexity index is 528. The molecule has 19 heavy (non-hydrogen) atoms. The van der Waals surface area contributed by atoms with Crippen LogP contribution in [-0.2, 0) is 15.1 Å². The van der Waals surface area contributed by atoms with Crippen molar-refractivity contribution >= 4 is 37.8 Å². The number of carbonyl (C=O) groups is 1. The second-order valence-electron chi connectivity index (χ2n) is 4.80. The van der Waals surface area contributed by atoms with Gasteiger partial charge in [0.05, 0.1) is 33.9 Å². The van der Waals surface area contributed by atoms with Gasteiger partial charge in [-0.15, -0.1) is 0 Å². The summed E-state index contributed by atoms with van der Waals surface area (Å²) in [6, 6.07) is 1.42. The first kappa shape index (κ1) is 15.0. The van der Waals surface area contributed by atoms with Gasteiger partial charge in [-0.3, -0.25) is 0 Å². The van der Waals surface area contributed by atoms with Gasteiger partial charge in [-0.1, -0.05) is 0 Å². The minimum absolute atomic E-state index is 0.250. The molecule has 0 radical (unpaired) electrons. The number of fused-ring (bicyclic) bond motifs is 1. The summed E-state index contributed by atoms with van der Waals surface area (Å²) in [4.78, 5) is 12.1. The zero-order chi connectivity index (χ0) is 14.5. The van der Waals surface area contributed by atoms with Gasteiger partial charge in [0.25, 0.3) is 0 Å². The highest BCUT2D eigenvalue weighted by molar-refractivity contribution is 9.13. The van der Waals surface area contributed by atoms with E-state index in [1.165, 1.54) is 7.11 Å². The molecule has 0 amide bonds. The average molecular weight is 397 g/mol. The van der Waals surface area contributed by atoms with Crippen molar-refractivity contribution in [1.82, 2.24) is 4.57 Å². The summed E-state index contributed by atoms with van der Waals surface area (Å²) < 4.78 is 7.98. The first-order valence-electron chi connectivity index (χ1n) is 5.82. The first-order valence-corrected chi connectivity index (χ1v) is 7.41. The van der Waals surface area contributed by atoms with Crippen LogP contribution in [0.4, 0.5) is 0 Å². The molecule has 1 aromatic rings. The van der Waals surface area contributed by atoms with Crippen LogP contribution in [0.1, 0.15) is 25.6 Å². The van der Waals surface area contributed by atoms with E-state index in [4.69, 9.17) is 4.74 Å². The molecule has 0 spiro atoms. The minimum Gasteiger partial charge on any atom is -0.467 e. The van der Waals surface area contributed by atoms with Crippen molar-refractivity contribution in [2.24, 2.45) is 5.92 Å². The maximum Gasteiger partial charge on any atom is 0.344 e. The van der Waals surface area contributed by atoms with E-state index in [0.717, 1.165) is 9.08 Å². The van der Waals surface area contributed by atoms with Gasteiger partial charge >= 0.3 is 5.97 Å². The monoisotopic (exact) mass is 395 g/mol. The molecule has 2 N–H and O–H groups in total. The Kier molecular flexibility index (Phi) is 3.85. The van der Waals surface area contributed by atoms with E-state index in [1.807, 2.05) is 6.92 Å². The molecule has 2 rings (SSSR count). The van der Waals surface area contributed by atoms with Crippen LogP contribution in [-0.4, -0.2) is 34.0 Å². The lowest BCUT2D eigenvalue weighted by Crippen LogP contribution is -2.46. The van der Waals surface area contributed by atoms with Gasteiger partial charge in [0.15, 0.2) is 0 Å². The number of aliphatic hydroxyl groups is 2. The summed E-state index contributed by atoms with van der Waals surface area (Å²) in [5.41, 5.74) is -1.44. The molecule has 106 valence electrons. The molecule has 4 atom stereocenters. The number of hydrogen-bond donors (Lipinski definition) is 2. The maximum atomic E-state index is 12.1. The smallest absolute Gasteiger partial charge is 0.344 e. The molecule has 5 nitrogen and oxygen atoms in total. The summed E-state index contributed by atoms with van der Waals surface area (Å²) in [6.45, 7) is 3.41. The van der Waals surface area contributed by atoms with Crippen molar-refractivity contribution in [3.05, 3.63) is 20.8 Å². The van der Waals surface area contributed by atoms with Crippen LogP contribution in [0.5, 0.6) is 0 Å². The number of esters is 1. The molecule has 0 aromatic carbocycles. The van der Waals surface area contributed by atoms with Crippen molar-refractivity contribution in [1.29, 1.82) is 0 Å². The van der Waals surface area contributed by atoms with Crippen molar-refractivity contribution in [3.63, 3.8) is 0 Å². The number of hydrogen-bond acceptors (Lipinski definition) is 4. The SMILES string of the molecule is COC(=O)[C@]1(O)c2cc(Br)c(Br)n2[C@H](C)[C@H]1[C@@H](C)O. The average Bonchev–Trinajstić information content (AvgIpc) is 2.75. The lowest BCUT2D eigenvalue weighted by atomic mass is 9.80. The molecule has 1 aliphatic heterocycles. The van der Waals surface area contributed by atoms with Gasteiger partial charge < -0.3 is 19.5 Å². The molecule has 0 saturated carbocycles. The van der Waals surface area contributed by atoms with E-state index in [2.05, 4.69) is 31.9 Å². The highest BCUT2D eigenvalue weighted by Crippen LogP contribution is 2.51. The molecule has 0 bridgehead atoms. The number of ether oxygens (including phenoxy) is 1. The predicted octanol–water partition coefficient (Wildman–Crippen LogP) is 1.95. The van der Waals surface area contributed by atoms with Gasteiger partial charge in [-0.2, -0.15) is 0 Å². The van der Waals surface area contributed by atoms with Gasteiger partial charge in [0, 0.05) is 6.04 Å². The Morgan fingerprint density at radius 1 is 1.58 bits per heavy atom. The highest BCUT2D eigenvalue weighted by Gasteiger charge is 2.58. The van der Waals surface area contributed by atoms with E-state index in [9.17, 15) is 15.0 Å². The van der Waals surface area contributed by atoms with Crippen molar-refractivity contribution < 1.29 is 19.7 Å². The Morgan fingerprint density at radius 2 is 2.16 bits per heavy atom. The number of carbonyl (C=O) groups excluding carboxylic acids is 1. The van der Waals surface area contributed by atoms with Gasteiger partial charge in [-0.25, -0.2) is 4.79 Å². The van der Waals surface area contributed by atoms with Gasteiger partial charge in [0.2, 0.25) is 5.60 Å². The van der Waals surface area contributed by atoms with E-state index in [-0.39, 0.29) is 6.04 Å². The van der Waals surface area contributed by atoms with Crippen LogP contribution in [0.3, 0.4) is 0 Å². The zero-order valence-corrected chi connectivity index (χ0v) is 13.9. The van der Waals surface area contributed by atoms with Gasteiger partial charge in [0.1, 0.15) is 0 Å². The molecule has 1 aromatic heterocycles. The molecule has 0 saturated heterocycles. The number of rotatable bonds is 2. The lowest BCUT2D eigenvalue weighted by Gasteiger charge is -2.30. The second-order valence-corrected chi connectivity index (χ2v) is 6.41. The Morgan fingerprint density at radius 3 is 2.63 bits per heavy atom. The molecular formula is C12H15Br2NO4. The summed E-state index contributed by atoms with van der Waals surface area (Å²) in [7, 11) is 1.22. The summed E-state index contributed by atoms with van der Waals surface area (Å²) in [5, 5.41) is 20.8. The summed E-state index contributed by atoms with van der Waals surface area (Å²) >= 11 is 6.77. The zero-order valence-electron chi connectivity index (χ0n) is 10.7. The second kappa shape index (κ2) is 4.87. The van der Waals surface area contributed by atoms with E-state index >= 15 is 0 Å². The molecule has 1 aliphatic rings. The number of halogens is 2. The molecule has 0 fully saturated rings. The van der Waals surface area contributed by atoms with Crippen LogP contribution >= 0.6 is 31.9 Å². The molecule has 0 aliphatic carbocycles. The lowest BCUT2D eigenvalue weighted by molar-refractivity contribution is -0.175. The number of methoxy groups -OCH3 is 1. The standard InChI is InChI=1S/C12H15Br2NO4/c1-5-9(6(2)16)12(18,11(17)19-3)8-4-7(13)10(14)15(5)8/h4-6,9,16,18H,1-3H3/t5-,6-,9+,12+/m1/s1. The normalized spacial score (nSPS) is 31.1. The van der Waals surface area contributed by atoms with E-state index in [0.29, 0.717) is 5.69 Å². The highest BCUT2D eigenvalue weighted by atomic mass is 79.9. The third kappa shape index (κ3) is 1.90. The third-order valence-electron chi connectivity index (χ3n) is 3.75. The van der Waals surface area contributed by atoms with Crippen molar-refractivity contribution in [2.45, 2.75) is 31.6 Å². The number of aliphatic hydroxyl groups excluding tert-OH is 1. The molecule has 2 heterocycles. The quantitative estimate of drug-likeness (QED) is 0.749. The molecular weight excluding hydrogens is 382 g/mol. The molecule has 7 heteroatoms. The van der Waals surface area contributed by atoms with E-state index in [1.54, 1.807) is 17.6 Å². The van der Waals surface area contributed by atoms with Crippen LogP contribution in [0.25, 0.3) is 0 Å². The van der Waals surface area contributed by atoms with Crippen molar-refractivity contribution in [3.8, 4) is 0 Å². The Hall–Kier alpha value is -0.370. The number of aromatic nitrogens is 1. The summed E-state index contributed by atoms with van der Waals surface area (Å²) in [5.74, 6) is -1.43. The fourth-order valence-electron chi connectivity index (χ4n) is 2.99. The first-order chi connectivity index (χ1) is 8.76. The van der Waals surface area contributed by atoms with E-state index < -0.39 is 23.6 Å². The Labute approximate surface area is 127 Å². The predicted molar refractivity (Wildman–Crippen MR) is 75.6 cm³/mol. The van der Waals surface area contributed by atoms with Crippen LogP contribution in [0.15, 0.2) is 15.1 Å². The fraction of sp³-hybridized carbons (Fsp3) is 0.583. The van der Waals surface area contributed by atoms with Crippen LogP contribution < -0.4 is 0 Å². The summed E-state index contributed by atoms with van der Waals surface area (Å²) in [6.07, 6.45) is -0.857. The fourth-order valence-corrected chi connectivity index (χ4v) is 4.03. The largest absolute Gasteiger partial charge is 0.467 e. The minimum atomic E-state index is -1.85. The Balaban J connectivity index is 2.69. The van der Waals surface area contributed by atoms with Crippen LogP contribution in [0, 0.1) is 5.92 Å². The number of nitrogens with zero attached hydrogens (tertiary/aromatic N) is 1. The van der Waals surface area contributed by atoms with Crippen LogP contribution in [0.2, 0.25) is 0 Å². The van der Waals surface area contributed by atoms with Gasteiger partial charge in [-0.05, 0) is 51.8 Å². The topological polar surface area (TPSA) is 71.7 Å². The third-order valence-corrected chi connectivity index (χ3v) is 5.69.